The number of para-hydroxylation sites is 2. The van der Waals surface area contributed by atoms with E-state index in [1.165, 1.54) is 29.6 Å². The highest BCUT2D eigenvalue weighted by Crippen LogP contribution is 2.33. The topological polar surface area (TPSA) is 60.0 Å². The van der Waals surface area contributed by atoms with E-state index in [-0.39, 0.29) is 0 Å². The molecule has 0 fully saturated rings. The van der Waals surface area contributed by atoms with Gasteiger partial charge in [-0.25, -0.2) is 4.98 Å². The van der Waals surface area contributed by atoms with Crippen LogP contribution in [0.3, 0.4) is 0 Å². The Morgan fingerprint density at radius 3 is 2.96 bits per heavy atom. The standard InChI is InChI=1S/C22H29N5/c1-2-26(20-12-5-8-17-9-6-14-24-22(17)20)16-21-25-18-10-3-4-11-19(18)27(21)15-7-13-23/h3-4,6,9-11,14,20H,2,5,7-8,12-13,15-16,23H2,1H3. The first-order valence-corrected chi connectivity index (χ1v) is 10.1. The highest BCUT2D eigenvalue weighted by molar-refractivity contribution is 5.75. The molecule has 0 saturated heterocycles. The van der Waals surface area contributed by atoms with Gasteiger partial charge in [-0.05, 0) is 62.5 Å². The summed E-state index contributed by atoms with van der Waals surface area (Å²) in [5.41, 5.74) is 10.7. The fraction of sp³-hybridized carbons (Fsp3) is 0.455. The van der Waals surface area contributed by atoms with Gasteiger partial charge in [-0.1, -0.05) is 25.1 Å². The van der Waals surface area contributed by atoms with Gasteiger partial charge in [0.25, 0.3) is 0 Å². The summed E-state index contributed by atoms with van der Waals surface area (Å²) in [6, 6.07) is 13.1. The Labute approximate surface area is 161 Å². The lowest BCUT2D eigenvalue weighted by atomic mass is 9.91. The third kappa shape index (κ3) is 3.62. The largest absolute Gasteiger partial charge is 0.330 e. The summed E-state index contributed by atoms with van der Waals surface area (Å²) in [7, 11) is 0. The van der Waals surface area contributed by atoms with Crippen LogP contribution in [0.1, 0.15) is 49.3 Å². The molecule has 1 aliphatic carbocycles. The zero-order valence-electron chi connectivity index (χ0n) is 16.1. The van der Waals surface area contributed by atoms with Crippen molar-refractivity contribution in [1.82, 2.24) is 19.4 Å². The van der Waals surface area contributed by atoms with E-state index in [1.807, 2.05) is 6.20 Å². The second-order valence-electron chi connectivity index (χ2n) is 7.33. The molecule has 0 spiro atoms. The van der Waals surface area contributed by atoms with Crippen molar-refractivity contribution in [2.45, 2.75) is 51.7 Å². The average Bonchev–Trinajstić information content (AvgIpc) is 3.07. The fourth-order valence-electron chi connectivity index (χ4n) is 4.31. The molecule has 1 aromatic carbocycles. The highest BCUT2D eigenvalue weighted by atomic mass is 15.2. The van der Waals surface area contributed by atoms with E-state index in [0.29, 0.717) is 12.6 Å². The van der Waals surface area contributed by atoms with Crippen LogP contribution in [0.5, 0.6) is 0 Å². The minimum Gasteiger partial charge on any atom is -0.330 e. The molecule has 5 heteroatoms. The van der Waals surface area contributed by atoms with Crippen molar-refractivity contribution in [1.29, 1.82) is 0 Å². The molecule has 27 heavy (non-hydrogen) atoms. The molecule has 2 N–H and O–H groups in total. The highest BCUT2D eigenvalue weighted by Gasteiger charge is 2.27. The van der Waals surface area contributed by atoms with Crippen LogP contribution >= 0.6 is 0 Å². The smallest absolute Gasteiger partial charge is 0.124 e. The maximum absolute atomic E-state index is 5.78. The summed E-state index contributed by atoms with van der Waals surface area (Å²) in [6.45, 7) is 5.69. The van der Waals surface area contributed by atoms with Crippen LogP contribution in [-0.4, -0.2) is 32.5 Å². The Morgan fingerprint density at radius 1 is 1.22 bits per heavy atom. The third-order valence-electron chi connectivity index (χ3n) is 5.68. The fourth-order valence-corrected chi connectivity index (χ4v) is 4.31. The zero-order valence-corrected chi connectivity index (χ0v) is 16.1. The van der Waals surface area contributed by atoms with Gasteiger partial charge < -0.3 is 10.3 Å². The SMILES string of the molecule is CCN(Cc1nc2ccccc2n1CCCN)C1CCCc2cccnc21. The molecule has 0 saturated carbocycles. The molecule has 0 amide bonds. The van der Waals surface area contributed by atoms with Crippen molar-refractivity contribution >= 4 is 11.0 Å². The summed E-state index contributed by atoms with van der Waals surface area (Å²) in [5, 5.41) is 0. The van der Waals surface area contributed by atoms with Gasteiger partial charge in [0.05, 0.1) is 29.3 Å². The van der Waals surface area contributed by atoms with Gasteiger partial charge >= 0.3 is 0 Å². The van der Waals surface area contributed by atoms with E-state index in [0.717, 1.165) is 43.8 Å². The molecule has 1 unspecified atom stereocenters. The molecule has 0 aliphatic heterocycles. The Balaban J connectivity index is 1.66. The molecular weight excluding hydrogens is 334 g/mol. The molecule has 1 aliphatic rings. The second-order valence-corrected chi connectivity index (χ2v) is 7.33. The maximum atomic E-state index is 5.78. The van der Waals surface area contributed by atoms with Crippen LogP contribution in [-0.2, 0) is 19.5 Å². The van der Waals surface area contributed by atoms with Gasteiger partial charge in [0, 0.05) is 12.7 Å². The molecule has 0 radical (unpaired) electrons. The minimum atomic E-state index is 0.378. The molecule has 1 atom stereocenters. The van der Waals surface area contributed by atoms with E-state index < -0.39 is 0 Å². The molecule has 3 aromatic rings. The Morgan fingerprint density at radius 2 is 2.11 bits per heavy atom. The Hall–Kier alpha value is -2.24. The van der Waals surface area contributed by atoms with Crippen LogP contribution in [0.25, 0.3) is 11.0 Å². The maximum Gasteiger partial charge on any atom is 0.124 e. The summed E-state index contributed by atoms with van der Waals surface area (Å²) < 4.78 is 2.35. The monoisotopic (exact) mass is 363 g/mol. The van der Waals surface area contributed by atoms with Crippen molar-refractivity contribution in [2.24, 2.45) is 5.73 Å². The predicted molar refractivity (Wildman–Crippen MR) is 109 cm³/mol. The zero-order chi connectivity index (χ0) is 18.6. The molecule has 2 aromatic heterocycles. The second kappa shape index (κ2) is 8.19. The van der Waals surface area contributed by atoms with Crippen molar-refractivity contribution in [3.05, 3.63) is 59.7 Å². The number of nitrogens with zero attached hydrogens (tertiary/aromatic N) is 4. The van der Waals surface area contributed by atoms with Crippen LogP contribution < -0.4 is 5.73 Å². The van der Waals surface area contributed by atoms with Gasteiger partial charge in [-0.3, -0.25) is 9.88 Å². The van der Waals surface area contributed by atoms with E-state index in [9.17, 15) is 0 Å². The summed E-state index contributed by atoms with van der Waals surface area (Å²) in [5.74, 6) is 1.13. The van der Waals surface area contributed by atoms with Crippen molar-refractivity contribution in [3.8, 4) is 0 Å². The molecular formula is C22H29N5. The van der Waals surface area contributed by atoms with Crippen LogP contribution in [0, 0.1) is 0 Å². The van der Waals surface area contributed by atoms with E-state index >= 15 is 0 Å². The Bertz CT molecular complexity index is 901. The quantitative estimate of drug-likeness (QED) is 0.696. The summed E-state index contributed by atoms with van der Waals surface area (Å²) in [6.07, 6.45) is 6.44. The first-order chi connectivity index (χ1) is 13.3. The van der Waals surface area contributed by atoms with Crippen molar-refractivity contribution in [3.63, 3.8) is 0 Å². The molecule has 5 nitrogen and oxygen atoms in total. The van der Waals surface area contributed by atoms with Gasteiger partial charge in [0.2, 0.25) is 0 Å². The third-order valence-corrected chi connectivity index (χ3v) is 5.68. The number of rotatable bonds is 7. The summed E-state index contributed by atoms with van der Waals surface area (Å²) >= 11 is 0. The van der Waals surface area contributed by atoms with Crippen LogP contribution in [0.4, 0.5) is 0 Å². The number of nitrogens with two attached hydrogens (primary N) is 1. The summed E-state index contributed by atoms with van der Waals surface area (Å²) in [4.78, 5) is 12.2. The number of aryl methyl sites for hydroxylation is 2. The predicted octanol–water partition coefficient (Wildman–Crippen LogP) is 3.68. The normalized spacial score (nSPS) is 16.8. The van der Waals surface area contributed by atoms with Gasteiger partial charge in [-0.2, -0.15) is 0 Å². The lowest BCUT2D eigenvalue weighted by Gasteiger charge is -2.34. The number of fused-ring (bicyclic) bond motifs is 2. The number of benzene rings is 1. The lowest BCUT2D eigenvalue weighted by Crippen LogP contribution is -2.32. The number of aromatic nitrogens is 3. The van der Waals surface area contributed by atoms with E-state index in [4.69, 9.17) is 15.7 Å². The van der Waals surface area contributed by atoms with Gasteiger partial charge in [-0.15, -0.1) is 0 Å². The molecule has 4 rings (SSSR count). The molecule has 2 heterocycles. The number of pyridine rings is 1. The molecule has 142 valence electrons. The van der Waals surface area contributed by atoms with Crippen molar-refractivity contribution in [2.75, 3.05) is 13.1 Å². The van der Waals surface area contributed by atoms with E-state index in [2.05, 4.69) is 52.8 Å². The van der Waals surface area contributed by atoms with Crippen LogP contribution in [0.2, 0.25) is 0 Å². The van der Waals surface area contributed by atoms with Crippen molar-refractivity contribution < 1.29 is 0 Å². The number of imidazole rings is 1. The first-order valence-electron chi connectivity index (χ1n) is 10.1. The van der Waals surface area contributed by atoms with Crippen LogP contribution in [0.15, 0.2) is 42.6 Å². The lowest BCUT2D eigenvalue weighted by molar-refractivity contribution is 0.169. The minimum absolute atomic E-state index is 0.378. The van der Waals surface area contributed by atoms with Gasteiger partial charge in [0.1, 0.15) is 5.82 Å². The Kier molecular flexibility index (Phi) is 5.50. The number of hydrogen-bond donors (Lipinski definition) is 1. The first kappa shape index (κ1) is 18.1. The average molecular weight is 364 g/mol. The number of hydrogen-bond acceptors (Lipinski definition) is 4. The van der Waals surface area contributed by atoms with Gasteiger partial charge in [0.15, 0.2) is 0 Å². The molecule has 0 bridgehead atoms. The van der Waals surface area contributed by atoms with E-state index in [1.54, 1.807) is 0 Å².